The molecular weight excluding hydrogens is 301 g/mol. The molecule has 1 rings (SSSR count). The number of alkyl halides is 3. The van der Waals surface area contributed by atoms with Crippen molar-refractivity contribution < 1.29 is 18.0 Å². The maximum atomic E-state index is 12.3. The Kier molecular flexibility index (Phi) is 6.14. The van der Waals surface area contributed by atoms with Crippen molar-refractivity contribution in [2.75, 3.05) is 0 Å². The van der Waals surface area contributed by atoms with E-state index in [1.807, 2.05) is 6.07 Å². The molecule has 0 saturated heterocycles. The molecule has 21 heavy (non-hydrogen) atoms. The van der Waals surface area contributed by atoms with Gasteiger partial charge in [-0.3, -0.25) is 4.79 Å². The molecule has 7 heteroatoms. The van der Waals surface area contributed by atoms with Crippen LogP contribution in [0.5, 0.6) is 0 Å². The highest BCUT2D eigenvalue weighted by atomic mass is 32.1. The lowest BCUT2D eigenvalue weighted by atomic mass is 9.98. The molecule has 0 spiro atoms. The van der Waals surface area contributed by atoms with Crippen LogP contribution in [0.25, 0.3) is 0 Å². The van der Waals surface area contributed by atoms with Crippen LogP contribution < -0.4 is 11.1 Å². The van der Waals surface area contributed by atoms with Gasteiger partial charge in [-0.05, 0) is 18.9 Å². The van der Waals surface area contributed by atoms with Gasteiger partial charge < -0.3 is 11.1 Å². The Bertz CT molecular complexity index is 491. The Hall–Kier alpha value is -1.63. The van der Waals surface area contributed by atoms with Crippen molar-refractivity contribution >= 4 is 23.1 Å². The van der Waals surface area contributed by atoms with E-state index < -0.39 is 30.5 Å². The van der Waals surface area contributed by atoms with Crippen molar-refractivity contribution in [2.24, 2.45) is 11.7 Å². The first-order chi connectivity index (χ1) is 9.69. The summed E-state index contributed by atoms with van der Waals surface area (Å²) in [5.41, 5.74) is 6.38. The fraction of sp³-hybridized carbons (Fsp3) is 0.429. The van der Waals surface area contributed by atoms with Gasteiger partial charge in [0.05, 0.1) is 17.3 Å². The second-order valence-corrected chi connectivity index (χ2v) is 5.35. The number of halogens is 3. The summed E-state index contributed by atoms with van der Waals surface area (Å²) in [5.74, 6) is -1.40. The summed E-state index contributed by atoms with van der Waals surface area (Å²) in [7, 11) is 0. The van der Waals surface area contributed by atoms with Gasteiger partial charge in [0.1, 0.15) is 0 Å². The second kappa shape index (κ2) is 7.40. The number of hydrogen-bond donors (Lipinski definition) is 2. The van der Waals surface area contributed by atoms with Gasteiger partial charge in [-0.2, -0.15) is 13.2 Å². The number of nitrogens with one attached hydrogen (secondary N) is 1. The summed E-state index contributed by atoms with van der Waals surface area (Å²) < 4.78 is 36.8. The SMILES string of the molecule is CC(CC(F)(F)F)NC(=O)C(Cc1ccccc1)C(N)=S. The monoisotopic (exact) mass is 318 g/mol. The normalized spacial score (nSPS) is 14.3. The highest BCUT2D eigenvalue weighted by Gasteiger charge is 2.32. The summed E-state index contributed by atoms with van der Waals surface area (Å²) in [5, 5.41) is 2.31. The van der Waals surface area contributed by atoms with Crippen LogP contribution in [0.15, 0.2) is 30.3 Å². The highest BCUT2D eigenvalue weighted by Crippen LogP contribution is 2.21. The molecule has 1 amide bonds. The first kappa shape index (κ1) is 17.4. The summed E-state index contributed by atoms with van der Waals surface area (Å²) >= 11 is 4.85. The molecule has 3 nitrogen and oxygen atoms in total. The summed E-state index contributed by atoms with van der Waals surface area (Å²) in [4.78, 5) is 12.0. The number of carbonyl (C=O) groups excluding carboxylic acids is 1. The quantitative estimate of drug-likeness (QED) is 0.793. The number of nitrogens with two attached hydrogens (primary N) is 1. The molecule has 0 aliphatic carbocycles. The van der Waals surface area contributed by atoms with Crippen molar-refractivity contribution in [1.29, 1.82) is 0 Å². The third kappa shape index (κ3) is 6.57. The van der Waals surface area contributed by atoms with Gasteiger partial charge >= 0.3 is 6.18 Å². The van der Waals surface area contributed by atoms with Gasteiger partial charge in [-0.15, -0.1) is 0 Å². The average molecular weight is 318 g/mol. The van der Waals surface area contributed by atoms with E-state index in [0.29, 0.717) is 0 Å². The van der Waals surface area contributed by atoms with Crippen molar-refractivity contribution in [1.82, 2.24) is 5.32 Å². The Morgan fingerprint density at radius 3 is 2.38 bits per heavy atom. The molecule has 2 atom stereocenters. The van der Waals surface area contributed by atoms with E-state index in [1.165, 1.54) is 6.92 Å². The highest BCUT2D eigenvalue weighted by molar-refractivity contribution is 7.80. The molecule has 0 aliphatic rings. The van der Waals surface area contributed by atoms with Crippen LogP contribution in [-0.2, 0) is 11.2 Å². The van der Waals surface area contributed by atoms with E-state index in [9.17, 15) is 18.0 Å². The van der Waals surface area contributed by atoms with Gasteiger partial charge in [0.25, 0.3) is 0 Å². The van der Waals surface area contributed by atoms with Crippen LogP contribution in [0.2, 0.25) is 0 Å². The zero-order chi connectivity index (χ0) is 16.0. The maximum Gasteiger partial charge on any atom is 0.391 e. The van der Waals surface area contributed by atoms with E-state index in [-0.39, 0.29) is 11.4 Å². The molecule has 0 aromatic heterocycles. The van der Waals surface area contributed by atoms with Gasteiger partial charge in [-0.25, -0.2) is 0 Å². The first-order valence-electron chi connectivity index (χ1n) is 6.39. The number of rotatable bonds is 6. The average Bonchev–Trinajstić information content (AvgIpc) is 2.34. The van der Waals surface area contributed by atoms with Crippen molar-refractivity contribution in [3.63, 3.8) is 0 Å². The first-order valence-corrected chi connectivity index (χ1v) is 6.80. The minimum Gasteiger partial charge on any atom is -0.393 e. The van der Waals surface area contributed by atoms with Crippen LogP contribution in [0.4, 0.5) is 13.2 Å². The van der Waals surface area contributed by atoms with Crippen molar-refractivity contribution in [3.05, 3.63) is 35.9 Å². The van der Waals surface area contributed by atoms with Crippen molar-refractivity contribution in [2.45, 2.75) is 32.0 Å². The van der Waals surface area contributed by atoms with Gasteiger partial charge in [0, 0.05) is 6.04 Å². The third-order valence-corrected chi connectivity index (χ3v) is 3.15. The van der Waals surface area contributed by atoms with Crippen LogP contribution in [0.3, 0.4) is 0 Å². The maximum absolute atomic E-state index is 12.3. The zero-order valence-electron chi connectivity index (χ0n) is 11.5. The van der Waals surface area contributed by atoms with Gasteiger partial charge in [0.2, 0.25) is 5.91 Å². The molecule has 0 heterocycles. The zero-order valence-corrected chi connectivity index (χ0v) is 12.3. The third-order valence-electron chi connectivity index (χ3n) is 2.87. The van der Waals surface area contributed by atoms with Crippen LogP contribution >= 0.6 is 12.2 Å². The number of carbonyl (C=O) groups is 1. The second-order valence-electron chi connectivity index (χ2n) is 4.87. The van der Waals surface area contributed by atoms with Crippen LogP contribution in [0.1, 0.15) is 18.9 Å². The van der Waals surface area contributed by atoms with Gasteiger partial charge in [-0.1, -0.05) is 42.5 Å². The lowest BCUT2D eigenvalue weighted by molar-refractivity contribution is -0.141. The molecule has 0 fully saturated rings. The molecular formula is C14H17F3N2OS. The number of benzene rings is 1. The molecule has 0 saturated carbocycles. The summed E-state index contributed by atoms with van der Waals surface area (Å²) in [6.07, 6.45) is -5.15. The smallest absolute Gasteiger partial charge is 0.391 e. The van der Waals surface area contributed by atoms with Gasteiger partial charge in [0.15, 0.2) is 0 Å². The summed E-state index contributed by atoms with van der Waals surface area (Å²) in [6, 6.07) is 8.01. The predicted molar refractivity (Wildman–Crippen MR) is 78.7 cm³/mol. The minimum atomic E-state index is -4.33. The molecule has 0 bridgehead atoms. The van der Waals surface area contributed by atoms with Crippen LogP contribution in [0, 0.1) is 5.92 Å². The lowest BCUT2D eigenvalue weighted by Gasteiger charge is -2.20. The largest absolute Gasteiger partial charge is 0.393 e. The molecule has 0 aliphatic heterocycles. The molecule has 1 aromatic rings. The fourth-order valence-electron chi connectivity index (χ4n) is 1.91. The van der Waals surface area contributed by atoms with E-state index in [2.05, 4.69) is 5.32 Å². The minimum absolute atomic E-state index is 0.0319. The Labute approximate surface area is 126 Å². The molecule has 3 N–H and O–H groups in total. The van der Waals surface area contributed by atoms with Crippen molar-refractivity contribution in [3.8, 4) is 0 Å². The lowest BCUT2D eigenvalue weighted by Crippen LogP contribution is -2.44. The van der Waals surface area contributed by atoms with E-state index >= 15 is 0 Å². The standard InChI is InChI=1S/C14H17F3N2OS/c1-9(8-14(15,16)17)19-13(20)11(12(18)21)7-10-5-3-2-4-6-10/h2-6,9,11H,7-8H2,1H3,(H2,18,21)(H,19,20). The van der Waals surface area contributed by atoms with E-state index in [0.717, 1.165) is 5.56 Å². The predicted octanol–water partition coefficient (Wildman–Crippen LogP) is 2.59. The topological polar surface area (TPSA) is 55.1 Å². The summed E-state index contributed by atoms with van der Waals surface area (Å²) in [6.45, 7) is 1.30. The molecule has 116 valence electrons. The molecule has 1 aromatic carbocycles. The van der Waals surface area contributed by atoms with Crippen LogP contribution in [-0.4, -0.2) is 23.1 Å². The van der Waals surface area contributed by atoms with E-state index in [4.69, 9.17) is 18.0 Å². The Morgan fingerprint density at radius 2 is 1.90 bits per heavy atom. The van der Waals surface area contributed by atoms with E-state index in [1.54, 1.807) is 24.3 Å². The fourth-order valence-corrected chi connectivity index (χ4v) is 2.10. The molecule has 0 radical (unpaired) electrons. The number of amides is 1. The number of hydrogen-bond acceptors (Lipinski definition) is 2. The Balaban J connectivity index is 2.68. The number of thiocarbonyl (C=S) groups is 1. The molecule has 2 unspecified atom stereocenters. The Morgan fingerprint density at radius 1 is 1.33 bits per heavy atom.